The van der Waals surface area contributed by atoms with Gasteiger partial charge in [-0.25, -0.2) is 4.79 Å². The van der Waals surface area contributed by atoms with Crippen LogP contribution in [0, 0.1) is 0 Å². The van der Waals surface area contributed by atoms with Gasteiger partial charge in [0.05, 0.1) is 5.52 Å². The smallest absolute Gasteiger partial charge is 0.408 e. The van der Waals surface area contributed by atoms with Crippen molar-refractivity contribution in [2.24, 2.45) is 12.8 Å². The zero-order valence-corrected chi connectivity index (χ0v) is 10.8. The van der Waals surface area contributed by atoms with E-state index in [1.165, 1.54) is 4.57 Å². The lowest BCUT2D eigenvalue weighted by molar-refractivity contribution is -0.120. The van der Waals surface area contributed by atoms with Crippen molar-refractivity contribution >= 4 is 17.0 Å². The predicted molar refractivity (Wildman–Crippen MR) is 71.8 cm³/mol. The fourth-order valence-corrected chi connectivity index (χ4v) is 1.90. The lowest BCUT2D eigenvalue weighted by Gasteiger charge is -2.04. The summed E-state index contributed by atoms with van der Waals surface area (Å²) in [4.78, 5) is 22.6. The summed E-state index contributed by atoms with van der Waals surface area (Å²) in [6.45, 7) is 0.897. The number of carbonyl (C=O) groups excluding carboxylic acids is 1. The summed E-state index contributed by atoms with van der Waals surface area (Å²) in [5.41, 5.74) is 7.63. The van der Waals surface area contributed by atoms with Crippen molar-refractivity contribution in [3.63, 3.8) is 0 Å². The minimum absolute atomic E-state index is 0.0465. The fourth-order valence-electron chi connectivity index (χ4n) is 1.90. The third-order valence-electron chi connectivity index (χ3n) is 2.96. The molecule has 1 aromatic heterocycles. The van der Waals surface area contributed by atoms with Crippen LogP contribution in [0.5, 0.6) is 0 Å². The molecule has 0 aliphatic carbocycles. The van der Waals surface area contributed by atoms with Gasteiger partial charge in [-0.2, -0.15) is 0 Å². The van der Waals surface area contributed by atoms with Crippen LogP contribution in [0.3, 0.4) is 0 Å². The van der Waals surface area contributed by atoms with Gasteiger partial charge in [-0.05, 0) is 24.1 Å². The van der Waals surface area contributed by atoms with E-state index in [9.17, 15) is 9.59 Å². The highest BCUT2D eigenvalue weighted by Gasteiger charge is 2.06. The summed E-state index contributed by atoms with van der Waals surface area (Å²) in [5, 5.41) is 2.78. The largest absolute Gasteiger partial charge is 0.419 e. The van der Waals surface area contributed by atoms with Crippen molar-refractivity contribution in [3.05, 3.63) is 34.3 Å². The molecule has 1 amide bonds. The molecule has 6 heteroatoms. The van der Waals surface area contributed by atoms with Crippen LogP contribution >= 0.6 is 0 Å². The SMILES string of the molecule is Cn1c(=O)oc2cc(CCNC(=O)CCN)ccc21. The first-order valence-electron chi connectivity index (χ1n) is 6.17. The number of hydrogen-bond donors (Lipinski definition) is 2. The Morgan fingerprint density at radius 3 is 3.00 bits per heavy atom. The summed E-state index contributed by atoms with van der Waals surface area (Å²) in [6, 6.07) is 5.59. The van der Waals surface area contributed by atoms with E-state index >= 15 is 0 Å². The quantitative estimate of drug-likeness (QED) is 0.802. The number of benzene rings is 1. The van der Waals surface area contributed by atoms with E-state index in [0.717, 1.165) is 11.1 Å². The average Bonchev–Trinajstić information content (AvgIpc) is 2.65. The predicted octanol–water partition coefficient (Wildman–Crippen LogP) is 0.139. The number of aryl methyl sites for hydroxylation is 1. The molecule has 6 nitrogen and oxygen atoms in total. The first kappa shape index (κ1) is 13.4. The zero-order valence-electron chi connectivity index (χ0n) is 10.8. The van der Waals surface area contributed by atoms with Gasteiger partial charge in [-0.15, -0.1) is 0 Å². The molecule has 0 radical (unpaired) electrons. The number of hydrogen-bond acceptors (Lipinski definition) is 4. The molecule has 1 heterocycles. The van der Waals surface area contributed by atoms with E-state index in [0.29, 0.717) is 31.5 Å². The normalized spacial score (nSPS) is 10.8. The van der Waals surface area contributed by atoms with Crippen LogP contribution in [-0.2, 0) is 18.3 Å². The Balaban J connectivity index is 2.02. The third kappa shape index (κ3) is 3.03. The number of nitrogens with zero attached hydrogens (tertiary/aromatic N) is 1. The summed E-state index contributed by atoms with van der Waals surface area (Å²) < 4.78 is 6.57. The molecule has 102 valence electrons. The zero-order chi connectivity index (χ0) is 13.8. The number of amides is 1. The molecule has 0 saturated carbocycles. The molecule has 1 aromatic carbocycles. The molecular formula is C13H17N3O3. The molecule has 0 aliphatic rings. The van der Waals surface area contributed by atoms with Crippen molar-refractivity contribution in [1.82, 2.24) is 9.88 Å². The molecule has 0 unspecified atom stereocenters. The van der Waals surface area contributed by atoms with Crippen molar-refractivity contribution in [2.45, 2.75) is 12.8 Å². The highest BCUT2D eigenvalue weighted by atomic mass is 16.4. The molecule has 0 bridgehead atoms. The first-order chi connectivity index (χ1) is 9.11. The van der Waals surface area contributed by atoms with E-state index in [1.807, 2.05) is 18.2 Å². The minimum Gasteiger partial charge on any atom is -0.408 e. The number of oxazole rings is 1. The molecule has 19 heavy (non-hydrogen) atoms. The van der Waals surface area contributed by atoms with Crippen molar-refractivity contribution in [2.75, 3.05) is 13.1 Å². The van der Waals surface area contributed by atoms with E-state index < -0.39 is 0 Å². The van der Waals surface area contributed by atoms with Gasteiger partial charge in [0.25, 0.3) is 0 Å². The van der Waals surface area contributed by atoms with Crippen molar-refractivity contribution < 1.29 is 9.21 Å². The fraction of sp³-hybridized carbons (Fsp3) is 0.385. The van der Waals surface area contributed by atoms with Crippen LogP contribution in [0.25, 0.3) is 11.1 Å². The second kappa shape index (κ2) is 5.71. The standard InChI is InChI=1S/C13H17N3O3/c1-16-10-3-2-9(8-11(10)19-13(16)18)5-7-15-12(17)4-6-14/h2-3,8H,4-7,14H2,1H3,(H,15,17). The lowest BCUT2D eigenvalue weighted by atomic mass is 10.1. The molecule has 0 saturated heterocycles. The summed E-state index contributed by atoms with van der Waals surface area (Å²) in [6.07, 6.45) is 1.03. The average molecular weight is 263 g/mol. The van der Waals surface area contributed by atoms with Gasteiger partial charge in [0.15, 0.2) is 5.58 Å². The third-order valence-corrected chi connectivity index (χ3v) is 2.96. The van der Waals surface area contributed by atoms with Crippen LogP contribution < -0.4 is 16.8 Å². The topological polar surface area (TPSA) is 90.3 Å². The molecule has 2 rings (SSSR count). The van der Waals surface area contributed by atoms with Gasteiger partial charge in [-0.3, -0.25) is 9.36 Å². The highest BCUT2D eigenvalue weighted by Crippen LogP contribution is 2.14. The number of carbonyl (C=O) groups is 1. The Kier molecular flexibility index (Phi) is 4.01. The number of nitrogens with one attached hydrogen (secondary N) is 1. The number of fused-ring (bicyclic) bond motifs is 1. The first-order valence-corrected chi connectivity index (χ1v) is 6.17. The number of nitrogens with two attached hydrogens (primary N) is 1. The summed E-state index contributed by atoms with van der Waals surface area (Å²) in [7, 11) is 1.67. The molecule has 0 aliphatic heterocycles. The van der Waals surface area contributed by atoms with Gasteiger partial charge in [-0.1, -0.05) is 6.07 Å². The van der Waals surface area contributed by atoms with E-state index in [2.05, 4.69) is 5.32 Å². The molecular weight excluding hydrogens is 246 g/mol. The highest BCUT2D eigenvalue weighted by molar-refractivity contribution is 5.76. The molecule has 2 aromatic rings. The Bertz CT molecular complexity index is 642. The Hall–Kier alpha value is -2.08. The Morgan fingerprint density at radius 2 is 2.26 bits per heavy atom. The van der Waals surface area contributed by atoms with Gasteiger partial charge in [0.1, 0.15) is 0 Å². The summed E-state index contributed by atoms with van der Waals surface area (Å²) >= 11 is 0. The van der Waals surface area contributed by atoms with Crippen LogP contribution in [-0.4, -0.2) is 23.6 Å². The van der Waals surface area contributed by atoms with Crippen LogP contribution in [0.4, 0.5) is 0 Å². The molecule has 3 N–H and O–H groups in total. The number of aromatic nitrogens is 1. The van der Waals surface area contributed by atoms with Gasteiger partial charge in [0.2, 0.25) is 5.91 Å². The van der Waals surface area contributed by atoms with E-state index in [1.54, 1.807) is 7.05 Å². The van der Waals surface area contributed by atoms with Gasteiger partial charge in [0, 0.05) is 26.6 Å². The summed E-state index contributed by atoms with van der Waals surface area (Å²) in [5.74, 6) is -0.418. The lowest BCUT2D eigenvalue weighted by Crippen LogP contribution is -2.27. The second-order valence-electron chi connectivity index (χ2n) is 4.37. The maximum absolute atomic E-state index is 11.4. The van der Waals surface area contributed by atoms with Crippen molar-refractivity contribution in [3.8, 4) is 0 Å². The second-order valence-corrected chi connectivity index (χ2v) is 4.37. The molecule has 0 atom stereocenters. The van der Waals surface area contributed by atoms with Gasteiger partial charge >= 0.3 is 5.76 Å². The molecule has 0 fully saturated rings. The Labute approximate surface area is 110 Å². The van der Waals surface area contributed by atoms with E-state index in [-0.39, 0.29) is 11.7 Å². The number of rotatable bonds is 5. The van der Waals surface area contributed by atoms with Crippen molar-refractivity contribution in [1.29, 1.82) is 0 Å². The van der Waals surface area contributed by atoms with E-state index in [4.69, 9.17) is 10.2 Å². The van der Waals surface area contributed by atoms with Gasteiger partial charge < -0.3 is 15.5 Å². The van der Waals surface area contributed by atoms with Crippen LogP contribution in [0.1, 0.15) is 12.0 Å². The minimum atomic E-state index is -0.372. The van der Waals surface area contributed by atoms with Crippen LogP contribution in [0.15, 0.2) is 27.4 Å². The molecule has 0 spiro atoms. The maximum atomic E-state index is 11.4. The van der Waals surface area contributed by atoms with Crippen LogP contribution in [0.2, 0.25) is 0 Å². The Morgan fingerprint density at radius 1 is 1.47 bits per heavy atom. The maximum Gasteiger partial charge on any atom is 0.419 e. The monoisotopic (exact) mass is 263 g/mol.